The van der Waals surface area contributed by atoms with E-state index in [1.807, 2.05) is 32.0 Å². The van der Waals surface area contributed by atoms with E-state index in [0.717, 1.165) is 5.56 Å². The molecule has 2 aromatic rings. The quantitative estimate of drug-likeness (QED) is 0.909. The molecule has 3 rings (SSSR count). The number of H-pyrrole nitrogens is 1. The summed E-state index contributed by atoms with van der Waals surface area (Å²) in [6, 6.07) is 10.1. The van der Waals surface area contributed by atoms with Crippen LogP contribution in [0.4, 0.5) is 0 Å². The van der Waals surface area contributed by atoms with Gasteiger partial charge in [-0.25, -0.2) is 0 Å². The molecule has 0 spiro atoms. The van der Waals surface area contributed by atoms with Gasteiger partial charge in [-0.3, -0.25) is 9.59 Å². The third-order valence-corrected chi connectivity index (χ3v) is 4.42. The second kappa shape index (κ2) is 6.42. The average Bonchev–Trinajstić information content (AvgIpc) is 2.54. The smallest absolute Gasteiger partial charge is 0.271 e. The Balaban J connectivity index is 1.89. The maximum absolute atomic E-state index is 12.9. The van der Waals surface area contributed by atoms with Crippen molar-refractivity contribution in [2.75, 3.05) is 13.2 Å². The van der Waals surface area contributed by atoms with Crippen molar-refractivity contribution in [3.8, 4) is 0 Å². The molecular formula is C18H19ClN2O3. The minimum Gasteiger partial charge on any atom is -0.369 e. The van der Waals surface area contributed by atoms with E-state index in [9.17, 15) is 9.59 Å². The number of amides is 1. The predicted octanol–water partition coefficient (Wildman–Crippen LogP) is 3.02. The highest BCUT2D eigenvalue weighted by molar-refractivity contribution is 6.30. The van der Waals surface area contributed by atoms with Gasteiger partial charge < -0.3 is 14.6 Å². The molecule has 2 heterocycles. The number of pyridine rings is 1. The number of benzene rings is 1. The molecule has 5 nitrogen and oxygen atoms in total. The highest BCUT2D eigenvalue weighted by Crippen LogP contribution is 2.32. The molecule has 0 bridgehead atoms. The molecule has 0 saturated carbocycles. The number of halogens is 1. The third-order valence-electron chi connectivity index (χ3n) is 4.19. The fraction of sp³-hybridized carbons (Fsp3) is 0.333. The van der Waals surface area contributed by atoms with Gasteiger partial charge in [-0.15, -0.1) is 0 Å². The van der Waals surface area contributed by atoms with Gasteiger partial charge in [0.1, 0.15) is 11.8 Å². The first-order valence-electron chi connectivity index (χ1n) is 7.74. The topological polar surface area (TPSA) is 62.4 Å². The molecule has 1 aromatic carbocycles. The lowest BCUT2D eigenvalue weighted by Gasteiger charge is -2.45. The first kappa shape index (κ1) is 16.7. The molecule has 1 aliphatic heterocycles. The van der Waals surface area contributed by atoms with Crippen molar-refractivity contribution in [3.63, 3.8) is 0 Å². The number of carbonyl (C=O) groups is 1. The first-order valence-corrected chi connectivity index (χ1v) is 8.12. The lowest BCUT2D eigenvalue weighted by molar-refractivity contribution is -0.0848. The van der Waals surface area contributed by atoms with E-state index in [1.54, 1.807) is 11.0 Å². The van der Waals surface area contributed by atoms with Crippen LogP contribution in [0, 0.1) is 0 Å². The molecule has 1 unspecified atom stereocenters. The Morgan fingerprint density at radius 2 is 2.12 bits per heavy atom. The predicted molar refractivity (Wildman–Crippen MR) is 92.3 cm³/mol. The summed E-state index contributed by atoms with van der Waals surface area (Å²) in [7, 11) is 0. The molecule has 126 valence electrons. The minimum atomic E-state index is -0.473. The molecule has 1 aromatic heterocycles. The summed E-state index contributed by atoms with van der Waals surface area (Å²) in [6.45, 7) is 4.68. The van der Waals surface area contributed by atoms with Crippen LogP contribution in [0.5, 0.6) is 0 Å². The molecular weight excluding hydrogens is 328 g/mol. The van der Waals surface area contributed by atoms with E-state index in [2.05, 4.69) is 4.98 Å². The van der Waals surface area contributed by atoms with Gasteiger partial charge >= 0.3 is 0 Å². The molecule has 0 radical (unpaired) electrons. The Kier molecular flexibility index (Phi) is 4.47. The highest BCUT2D eigenvalue weighted by Gasteiger charge is 2.39. The zero-order valence-corrected chi connectivity index (χ0v) is 14.3. The Morgan fingerprint density at radius 1 is 1.33 bits per heavy atom. The largest absolute Gasteiger partial charge is 0.369 e. The number of morpholine rings is 1. The zero-order valence-electron chi connectivity index (χ0n) is 13.6. The SMILES string of the molecule is CC1(C)COC(c2cccc(Cl)c2)CN1C(=O)c1cc(=O)cc[nH]1. The van der Waals surface area contributed by atoms with E-state index in [-0.39, 0.29) is 23.1 Å². The summed E-state index contributed by atoms with van der Waals surface area (Å²) in [5, 5.41) is 0.631. The fourth-order valence-electron chi connectivity index (χ4n) is 2.83. The average molecular weight is 347 g/mol. The number of rotatable bonds is 2. The van der Waals surface area contributed by atoms with Gasteiger partial charge in [0, 0.05) is 23.4 Å². The lowest BCUT2D eigenvalue weighted by atomic mass is 9.97. The summed E-state index contributed by atoms with van der Waals surface area (Å²) in [6.07, 6.45) is 1.23. The van der Waals surface area contributed by atoms with Crippen LogP contribution in [-0.4, -0.2) is 34.5 Å². The van der Waals surface area contributed by atoms with E-state index in [0.29, 0.717) is 18.2 Å². The number of aromatic nitrogens is 1. The summed E-state index contributed by atoms with van der Waals surface area (Å²) in [5.41, 5.74) is 0.535. The van der Waals surface area contributed by atoms with Crippen molar-refractivity contribution in [2.24, 2.45) is 0 Å². The number of nitrogens with zero attached hydrogens (tertiary/aromatic N) is 1. The number of carbonyl (C=O) groups excluding carboxylic acids is 1. The maximum Gasteiger partial charge on any atom is 0.271 e. The molecule has 24 heavy (non-hydrogen) atoms. The van der Waals surface area contributed by atoms with E-state index >= 15 is 0 Å². The van der Waals surface area contributed by atoms with Crippen LogP contribution >= 0.6 is 11.6 Å². The van der Waals surface area contributed by atoms with Crippen molar-refractivity contribution < 1.29 is 9.53 Å². The normalized spacial score (nSPS) is 20.0. The molecule has 1 aliphatic rings. The van der Waals surface area contributed by atoms with Gasteiger partial charge in [0.15, 0.2) is 5.43 Å². The molecule has 1 amide bonds. The Morgan fingerprint density at radius 3 is 2.83 bits per heavy atom. The Bertz CT molecular complexity index is 816. The summed E-state index contributed by atoms with van der Waals surface area (Å²) in [4.78, 5) is 29.0. The lowest BCUT2D eigenvalue weighted by Crippen LogP contribution is -2.56. The van der Waals surface area contributed by atoms with Crippen LogP contribution < -0.4 is 5.43 Å². The fourth-order valence-corrected chi connectivity index (χ4v) is 3.03. The summed E-state index contributed by atoms with van der Waals surface area (Å²) >= 11 is 6.06. The van der Waals surface area contributed by atoms with Crippen LogP contribution in [0.15, 0.2) is 47.4 Å². The van der Waals surface area contributed by atoms with Gasteiger partial charge in [-0.1, -0.05) is 23.7 Å². The Labute approximate surface area is 145 Å². The van der Waals surface area contributed by atoms with Crippen molar-refractivity contribution in [2.45, 2.75) is 25.5 Å². The van der Waals surface area contributed by atoms with Crippen LogP contribution in [-0.2, 0) is 4.74 Å². The van der Waals surface area contributed by atoms with Gasteiger partial charge in [0.05, 0.1) is 18.7 Å². The van der Waals surface area contributed by atoms with Crippen LogP contribution in [0.2, 0.25) is 5.02 Å². The summed E-state index contributed by atoms with van der Waals surface area (Å²) < 4.78 is 5.95. The molecule has 6 heteroatoms. The van der Waals surface area contributed by atoms with Crippen molar-refractivity contribution in [1.82, 2.24) is 9.88 Å². The molecule has 1 saturated heterocycles. The molecule has 1 fully saturated rings. The molecule has 1 N–H and O–H groups in total. The van der Waals surface area contributed by atoms with Crippen molar-refractivity contribution in [3.05, 3.63) is 69.1 Å². The van der Waals surface area contributed by atoms with Gasteiger partial charge in [0.2, 0.25) is 0 Å². The van der Waals surface area contributed by atoms with E-state index in [4.69, 9.17) is 16.3 Å². The van der Waals surface area contributed by atoms with Crippen molar-refractivity contribution >= 4 is 17.5 Å². The zero-order chi connectivity index (χ0) is 17.3. The number of ether oxygens (including phenoxy) is 1. The number of nitrogens with one attached hydrogen (secondary N) is 1. The molecule has 0 aliphatic carbocycles. The van der Waals surface area contributed by atoms with Crippen LogP contribution in [0.3, 0.4) is 0 Å². The summed E-state index contributed by atoms with van der Waals surface area (Å²) in [5.74, 6) is -0.215. The minimum absolute atomic E-state index is 0.199. The third kappa shape index (κ3) is 3.37. The van der Waals surface area contributed by atoms with Gasteiger partial charge in [-0.2, -0.15) is 0 Å². The van der Waals surface area contributed by atoms with Gasteiger partial charge in [0.25, 0.3) is 5.91 Å². The maximum atomic E-state index is 12.9. The monoisotopic (exact) mass is 346 g/mol. The second-order valence-electron chi connectivity index (χ2n) is 6.52. The standard InChI is InChI=1S/C18H19ClN2O3/c1-18(2)11-24-16(12-4-3-5-13(19)8-12)10-21(18)17(23)15-9-14(22)6-7-20-15/h3-9,16H,10-11H2,1-2H3,(H,20,22). The highest BCUT2D eigenvalue weighted by atomic mass is 35.5. The van der Waals surface area contributed by atoms with Crippen molar-refractivity contribution in [1.29, 1.82) is 0 Å². The van der Waals surface area contributed by atoms with Crippen LogP contribution in [0.1, 0.15) is 36.0 Å². The number of aromatic amines is 1. The molecule has 1 atom stereocenters. The van der Waals surface area contributed by atoms with Gasteiger partial charge in [-0.05, 0) is 31.5 Å². The number of hydrogen-bond donors (Lipinski definition) is 1. The first-order chi connectivity index (χ1) is 11.4. The Hall–Kier alpha value is -2.11. The second-order valence-corrected chi connectivity index (χ2v) is 6.96. The van der Waals surface area contributed by atoms with E-state index < -0.39 is 5.54 Å². The van der Waals surface area contributed by atoms with Crippen LogP contribution in [0.25, 0.3) is 0 Å². The van der Waals surface area contributed by atoms with E-state index in [1.165, 1.54) is 18.3 Å². The number of hydrogen-bond acceptors (Lipinski definition) is 3.